The van der Waals surface area contributed by atoms with E-state index in [2.05, 4.69) is 16.0 Å². The zero-order valence-corrected chi connectivity index (χ0v) is 28.3. The second-order valence-electron chi connectivity index (χ2n) is 10.9. The van der Waals surface area contributed by atoms with E-state index in [1.54, 1.807) is 59.5 Å². The Morgan fingerprint density at radius 3 is 2.44 bits per heavy atom. The Hall–Kier alpha value is -5.20. The van der Waals surface area contributed by atoms with Crippen molar-refractivity contribution in [2.24, 2.45) is 0 Å². The van der Waals surface area contributed by atoms with Crippen LogP contribution in [0.2, 0.25) is 0 Å². The van der Waals surface area contributed by atoms with Crippen LogP contribution in [0.4, 0.5) is 10.7 Å². The van der Waals surface area contributed by atoms with Crippen molar-refractivity contribution in [1.29, 1.82) is 0 Å². The van der Waals surface area contributed by atoms with Crippen molar-refractivity contribution in [3.8, 4) is 0 Å². The lowest BCUT2D eigenvalue weighted by Gasteiger charge is -2.25. The van der Waals surface area contributed by atoms with Gasteiger partial charge in [-0.1, -0.05) is 48.5 Å². The maximum Gasteiger partial charge on any atom is 0.341 e. The van der Waals surface area contributed by atoms with E-state index >= 15 is 0 Å². The van der Waals surface area contributed by atoms with Crippen LogP contribution < -0.4 is 16.0 Å². The molecular formula is C36H34N4O6S2. The fourth-order valence-electron chi connectivity index (χ4n) is 5.10. The molecule has 3 N–H and O–H groups in total. The first-order chi connectivity index (χ1) is 23.1. The van der Waals surface area contributed by atoms with Gasteiger partial charge in [-0.15, -0.1) is 23.1 Å². The van der Waals surface area contributed by atoms with Crippen LogP contribution in [0.25, 0.3) is 6.08 Å². The minimum absolute atomic E-state index is 0.0335. The monoisotopic (exact) mass is 682 g/mol. The molecule has 1 aliphatic heterocycles. The molecule has 0 spiro atoms. The Kier molecular flexibility index (Phi) is 11.1. The first-order valence-corrected chi connectivity index (χ1v) is 16.9. The Balaban J connectivity index is 1.27. The molecule has 12 heteroatoms. The van der Waals surface area contributed by atoms with Gasteiger partial charge in [-0.2, -0.15) is 0 Å². The average molecular weight is 683 g/mol. The van der Waals surface area contributed by atoms with Gasteiger partial charge >= 0.3 is 5.97 Å². The summed E-state index contributed by atoms with van der Waals surface area (Å²) < 4.78 is 5.00. The summed E-state index contributed by atoms with van der Waals surface area (Å²) in [4.78, 5) is 67.4. The summed E-state index contributed by atoms with van der Waals surface area (Å²) in [5, 5.41) is 8.86. The van der Waals surface area contributed by atoms with Gasteiger partial charge in [-0.25, -0.2) is 4.79 Å². The molecule has 2 heterocycles. The minimum Gasteiger partial charge on any atom is -0.465 e. The lowest BCUT2D eigenvalue weighted by Crippen LogP contribution is -2.33. The number of anilines is 2. The Morgan fingerprint density at radius 1 is 0.958 bits per heavy atom. The topological polar surface area (TPSA) is 134 Å². The average Bonchev–Trinajstić information content (AvgIpc) is 3.45. The molecule has 0 saturated heterocycles. The number of aryl methyl sites for hydroxylation is 1. The van der Waals surface area contributed by atoms with E-state index in [-0.39, 0.29) is 23.3 Å². The third kappa shape index (κ3) is 8.38. The molecule has 4 aromatic rings. The predicted molar refractivity (Wildman–Crippen MR) is 188 cm³/mol. The van der Waals surface area contributed by atoms with Crippen molar-refractivity contribution in [1.82, 2.24) is 10.2 Å². The molecule has 0 atom stereocenters. The minimum atomic E-state index is -0.536. The van der Waals surface area contributed by atoms with E-state index in [0.717, 1.165) is 26.5 Å². The summed E-state index contributed by atoms with van der Waals surface area (Å²) >= 11 is 2.53. The molecule has 1 aromatic heterocycles. The molecule has 1 aliphatic rings. The van der Waals surface area contributed by atoms with E-state index in [9.17, 15) is 24.0 Å². The van der Waals surface area contributed by atoms with Gasteiger partial charge in [0.15, 0.2) is 0 Å². The van der Waals surface area contributed by atoms with Gasteiger partial charge in [0, 0.05) is 34.5 Å². The van der Waals surface area contributed by atoms with Gasteiger partial charge < -0.3 is 25.6 Å². The second-order valence-corrected chi connectivity index (χ2v) is 13.1. The Bertz CT molecular complexity index is 1900. The highest BCUT2D eigenvalue weighted by atomic mass is 32.2. The summed E-state index contributed by atoms with van der Waals surface area (Å²) in [6, 6.07) is 23.2. The molecule has 4 amide bonds. The number of hydrogen-bond donors (Lipinski definition) is 3. The van der Waals surface area contributed by atoms with Crippen LogP contribution >= 0.6 is 23.1 Å². The van der Waals surface area contributed by atoms with Gasteiger partial charge in [-0.3, -0.25) is 19.2 Å². The molecule has 10 nitrogen and oxygen atoms in total. The molecule has 0 aliphatic carbocycles. The van der Waals surface area contributed by atoms with Crippen LogP contribution in [0.15, 0.2) is 89.5 Å². The highest BCUT2D eigenvalue weighted by Gasteiger charge is 2.30. The van der Waals surface area contributed by atoms with Gasteiger partial charge in [0.2, 0.25) is 11.8 Å². The van der Waals surface area contributed by atoms with Crippen LogP contribution in [-0.4, -0.2) is 53.9 Å². The number of nitrogens with zero attached hydrogens (tertiary/aromatic N) is 1. The maximum absolute atomic E-state index is 13.5. The van der Waals surface area contributed by atoms with Crippen LogP contribution in [0.3, 0.4) is 0 Å². The number of methoxy groups -OCH3 is 1. The second kappa shape index (κ2) is 15.6. The first-order valence-electron chi connectivity index (χ1n) is 15.1. The lowest BCUT2D eigenvalue weighted by atomic mass is 10.0. The molecule has 0 bridgehead atoms. The number of benzene rings is 3. The summed E-state index contributed by atoms with van der Waals surface area (Å²) in [6.45, 7) is 4.29. The Labute approximate surface area is 286 Å². The number of esters is 1. The number of thioether (sulfide) groups is 1. The predicted octanol–water partition coefficient (Wildman–Crippen LogP) is 5.89. The highest BCUT2D eigenvalue weighted by molar-refractivity contribution is 8.00. The number of fused-ring (bicyclic) bond motifs is 1. The van der Waals surface area contributed by atoms with E-state index in [1.165, 1.54) is 37.1 Å². The molecule has 0 fully saturated rings. The summed E-state index contributed by atoms with van der Waals surface area (Å²) in [6.07, 6.45) is 2.13. The van der Waals surface area contributed by atoms with E-state index < -0.39 is 17.8 Å². The molecule has 48 heavy (non-hydrogen) atoms. The molecule has 0 saturated carbocycles. The number of rotatable bonds is 10. The fourth-order valence-corrected chi connectivity index (χ4v) is 7.12. The molecule has 246 valence electrons. The highest BCUT2D eigenvalue weighted by Crippen LogP contribution is 2.38. The van der Waals surface area contributed by atoms with Crippen molar-refractivity contribution < 1.29 is 28.7 Å². The summed E-state index contributed by atoms with van der Waals surface area (Å²) in [5.74, 6) is -1.81. The number of carbonyl (C=O) groups excluding carboxylic acids is 5. The zero-order valence-electron chi connectivity index (χ0n) is 26.6. The summed E-state index contributed by atoms with van der Waals surface area (Å²) in [7, 11) is 1.29. The normalized spacial score (nSPS) is 12.5. The van der Waals surface area contributed by atoms with Crippen LogP contribution in [0.1, 0.15) is 49.2 Å². The smallest absolute Gasteiger partial charge is 0.341 e. The standard InChI is InChI=1S/C36H34N4O6S2/c1-22-10-7-8-13-25(22)18-29(38-33(43)24-11-5-4-6-12-24)34(44)37-26-14-9-15-27(19-26)47-21-31(42)39-35-32(36(45)46-3)28-16-17-40(23(2)41)20-30(28)48-35/h4-15,18-19H,16-17,20-21H2,1-3H3,(H,37,44)(H,38,43)(H,39,42)/b29-18-. The molecular weight excluding hydrogens is 649 g/mol. The molecule has 5 rings (SSSR count). The lowest BCUT2D eigenvalue weighted by molar-refractivity contribution is -0.129. The van der Waals surface area contributed by atoms with E-state index in [0.29, 0.717) is 41.3 Å². The van der Waals surface area contributed by atoms with E-state index in [1.807, 2.05) is 37.3 Å². The quantitative estimate of drug-likeness (QED) is 0.108. The third-order valence-corrected chi connectivity index (χ3v) is 9.75. The first kappa shape index (κ1) is 34.1. The number of ether oxygens (including phenoxy) is 1. The SMILES string of the molecule is COC(=O)c1c(NC(=O)CSc2cccc(NC(=O)/C(=C/c3ccccc3C)NC(=O)c3ccccc3)c2)sc2c1CCN(C(C)=O)C2. The van der Waals surface area contributed by atoms with Crippen molar-refractivity contribution in [3.63, 3.8) is 0 Å². The molecule has 3 aromatic carbocycles. The van der Waals surface area contributed by atoms with Gasteiger partial charge in [0.1, 0.15) is 10.7 Å². The van der Waals surface area contributed by atoms with Crippen LogP contribution in [-0.2, 0) is 32.1 Å². The fraction of sp³-hybridized carbons (Fsp3) is 0.194. The Morgan fingerprint density at radius 2 is 1.71 bits per heavy atom. The van der Waals surface area contributed by atoms with Gasteiger partial charge in [0.05, 0.1) is 25.0 Å². The number of nitrogens with one attached hydrogen (secondary N) is 3. The van der Waals surface area contributed by atoms with Crippen molar-refractivity contribution in [3.05, 3.63) is 117 Å². The zero-order chi connectivity index (χ0) is 34.2. The van der Waals surface area contributed by atoms with Crippen LogP contribution in [0.5, 0.6) is 0 Å². The number of amides is 4. The largest absolute Gasteiger partial charge is 0.465 e. The maximum atomic E-state index is 13.5. The van der Waals surface area contributed by atoms with Gasteiger partial charge in [-0.05, 0) is 66.4 Å². The summed E-state index contributed by atoms with van der Waals surface area (Å²) in [5.41, 5.74) is 3.81. The van der Waals surface area contributed by atoms with Crippen molar-refractivity contribution >= 4 is 69.5 Å². The third-order valence-electron chi connectivity index (χ3n) is 7.62. The number of thiophene rings is 1. The van der Waals surface area contributed by atoms with Crippen LogP contribution in [0, 0.1) is 6.92 Å². The number of carbonyl (C=O) groups is 5. The number of hydrogen-bond acceptors (Lipinski definition) is 8. The molecule has 0 radical (unpaired) electrons. The van der Waals surface area contributed by atoms with Crippen molar-refractivity contribution in [2.45, 2.75) is 31.7 Å². The molecule has 0 unspecified atom stereocenters. The van der Waals surface area contributed by atoms with Crippen molar-refractivity contribution in [2.75, 3.05) is 30.0 Å². The van der Waals surface area contributed by atoms with Gasteiger partial charge in [0.25, 0.3) is 11.8 Å². The van der Waals surface area contributed by atoms with E-state index in [4.69, 9.17) is 4.74 Å².